The van der Waals surface area contributed by atoms with Crippen LogP contribution < -0.4 is 10.9 Å². The number of aromatic nitrogens is 2. The lowest BCUT2D eigenvalue weighted by Crippen LogP contribution is -2.27. The molecule has 0 aliphatic carbocycles. The van der Waals surface area contributed by atoms with Crippen LogP contribution in [0, 0.1) is 0 Å². The first-order chi connectivity index (χ1) is 15.5. The number of thioether (sulfide) groups is 1. The second-order valence-corrected chi connectivity index (χ2v) is 9.03. The molecule has 0 saturated heterocycles. The number of anilines is 1. The van der Waals surface area contributed by atoms with E-state index in [1.54, 1.807) is 34.9 Å². The maximum Gasteiger partial charge on any atom is 0.266 e. The standard InChI is InChI=1S/C24H19Cl2N3O2S/c1-2-21(22(30)27-20-13-12-15(25)14-18(20)26)32-24-28-19-11-7-6-10-17(19)23(31)29(24)16-8-4-3-5-9-16/h3-14,21H,2H2,1H3,(H,27,30). The molecule has 3 aromatic carbocycles. The molecule has 1 heterocycles. The summed E-state index contributed by atoms with van der Waals surface area (Å²) in [5.74, 6) is -0.233. The minimum absolute atomic E-state index is 0.180. The number of nitrogens with one attached hydrogen (secondary N) is 1. The highest BCUT2D eigenvalue weighted by molar-refractivity contribution is 8.00. The zero-order valence-corrected chi connectivity index (χ0v) is 19.4. The highest BCUT2D eigenvalue weighted by Crippen LogP contribution is 2.30. The number of fused-ring (bicyclic) bond motifs is 1. The molecule has 0 aliphatic rings. The van der Waals surface area contributed by atoms with E-state index in [4.69, 9.17) is 28.2 Å². The van der Waals surface area contributed by atoms with Crippen molar-refractivity contribution in [1.29, 1.82) is 0 Å². The van der Waals surface area contributed by atoms with Crippen molar-refractivity contribution >= 4 is 57.5 Å². The summed E-state index contributed by atoms with van der Waals surface area (Å²) in [7, 11) is 0. The Labute approximate surface area is 199 Å². The number of amides is 1. The second kappa shape index (κ2) is 9.77. The Hall–Kier alpha value is -2.80. The number of hydrogen-bond acceptors (Lipinski definition) is 4. The van der Waals surface area contributed by atoms with Gasteiger partial charge in [-0.05, 0) is 48.9 Å². The summed E-state index contributed by atoms with van der Waals surface area (Å²) in [6.45, 7) is 1.91. The zero-order valence-electron chi connectivity index (χ0n) is 17.1. The van der Waals surface area contributed by atoms with E-state index in [0.29, 0.717) is 43.9 Å². The van der Waals surface area contributed by atoms with E-state index in [9.17, 15) is 9.59 Å². The van der Waals surface area contributed by atoms with Gasteiger partial charge >= 0.3 is 0 Å². The number of para-hydroxylation sites is 2. The Balaban J connectivity index is 1.73. The first-order valence-electron chi connectivity index (χ1n) is 9.97. The van der Waals surface area contributed by atoms with Gasteiger partial charge in [0.15, 0.2) is 5.16 Å². The molecular weight excluding hydrogens is 465 g/mol. The molecule has 0 radical (unpaired) electrons. The molecule has 0 fully saturated rings. The highest BCUT2D eigenvalue weighted by atomic mass is 35.5. The summed E-state index contributed by atoms with van der Waals surface area (Å²) in [6, 6.07) is 21.4. The van der Waals surface area contributed by atoms with E-state index in [1.165, 1.54) is 11.8 Å². The van der Waals surface area contributed by atoms with Crippen molar-refractivity contribution in [2.24, 2.45) is 0 Å². The summed E-state index contributed by atoms with van der Waals surface area (Å²) < 4.78 is 1.55. The van der Waals surface area contributed by atoms with Crippen LogP contribution in [-0.2, 0) is 4.79 Å². The van der Waals surface area contributed by atoms with E-state index in [-0.39, 0.29) is 11.5 Å². The second-order valence-electron chi connectivity index (χ2n) is 7.02. The number of nitrogens with zero attached hydrogens (tertiary/aromatic N) is 2. The number of rotatable bonds is 6. The Morgan fingerprint density at radius 2 is 1.78 bits per heavy atom. The smallest absolute Gasteiger partial charge is 0.266 e. The van der Waals surface area contributed by atoms with Gasteiger partial charge in [0.2, 0.25) is 5.91 Å². The molecule has 32 heavy (non-hydrogen) atoms. The highest BCUT2D eigenvalue weighted by Gasteiger charge is 2.23. The van der Waals surface area contributed by atoms with E-state index < -0.39 is 5.25 Å². The van der Waals surface area contributed by atoms with E-state index in [2.05, 4.69) is 5.32 Å². The topological polar surface area (TPSA) is 64.0 Å². The van der Waals surface area contributed by atoms with Crippen LogP contribution in [0.1, 0.15) is 13.3 Å². The lowest BCUT2D eigenvalue weighted by molar-refractivity contribution is -0.115. The maximum atomic E-state index is 13.3. The predicted molar refractivity (Wildman–Crippen MR) is 132 cm³/mol. The summed E-state index contributed by atoms with van der Waals surface area (Å²) in [5, 5.41) is 4.17. The SMILES string of the molecule is CCC(Sc1nc2ccccc2c(=O)n1-c1ccccc1)C(=O)Nc1ccc(Cl)cc1Cl. The third kappa shape index (κ3) is 4.67. The van der Waals surface area contributed by atoms with Gasteiger partial charge in [0, 0.05) is 5.02 Å². The van der Waals surface area contributed by atoms with E-state index >= 15 is 0 Å². The molecule has 1 amide bonds. The normalized spacial score (nSPS) is 12.0. The summed E-state index contributed by atoms with van der Waals surface area (Å²) in [4.78, 5) is 31.1. The van der Waals surface area contributed by atoms with Gasteiger partial charge in [-0.2, -0.15) is 0 Å². The quantitative estimate of drug-likeness (QED) is 0.261. The molecule has 0 aliphatic heterocycles. The molecule has 1 N–H and O–H groups in total. The number of benzene rings is 3. The Morgan fingerprint density at radius 3 is 2.50 bits per heavy atom. The van der Waals surface area contributed by atoms with Crippen LogP contribution >= 0.6 is 35.0 Å². The predicted octanol–water partition coefficient (Wildman–Crippen LogP) is 6.20. The van der Waals surface area contributed by atoms with Crippen LogP contribution in [0.25, 0.3) is 16.6 Å². The van der Waals surface area contributed by atoms with Crippen LogP contribution in [-0.4, -0.2) is 20.7 Å². The summed E-state index contributed by atoms with van der Waals surface area (Å²) >= 11 is 13.4. The van der Waals surface area contributed by atoms with E-state index in [0.717, 1.165) is 0 Å². The maximum absolute atomic E-state index is 13.3. The molecule has 162 valence electrons. The lowest BCUT2D eigenvalue weighted by atomic mass is 10.2. The van der Waals surface area contributed by atoms with Gasteiger partial charge < -0.3 is 5.32 Å². The van der Waals surface area contributed by atoms with Crippen molar-refractivity contribution in [3.8, 4) is 5.69 Å². The monoisotopic (exact) mass is 483 g/mol. The Kier molecular flexibility index (Phi) is 6.84. The molecule has 0 spiro atoms. The van der Waals surface area contributed by atoms with Gasteiger partial charge in [0.1, 0.15) is 0 Å². The van der Waals surface area contributed by atoms with Crippen molar-refractivity contribution in [1.82, 2.24) is 9.55 Å². The molecule has 4 aromatic rings. The van der Waals surface area contributed by atoms with Gasteiger partial charge in [-0.25, -0.2) is 4.98 Å². The van der Waals surface area contributed by atoms with Crippen LogP contribution in [0.2, 0.25) is 10.0 Å². The zero-order chi connectivity index (χ0) is 22.7. The van der Waals surface area contributed by atoms with Crippen LogP contribution in [0.3, 0.4) is 0 Å². The van der Waals surface area contributed by atoms with E-state index in [1.807, 2.05) is 49.4 Å². The molecular formula is C24H19Cl2N3O2S. The van der Waals surface area contributed by atoms with Gasteiger partial charge in [0.05, 0.1) is 32.6 Å². The Bertz CT molecular complexity index is 1340. The Morgan fingerprint density at radius 1 is 1.06 bits per heavy atom. The fourth-order valence-electron chi connectivity index (χ4n) is 3.25. The first-order valence-corrected chi connectivity index (χ1v) is 11.6. The average molecular weight is 484 g/mol. The fourth-order valence-corrected chi connectivity index (χ4v) is 4.74. The van der Waals surface area contributed by atoms with Gasteiger partial charge in [-0.1, -0.05) is 72.2 Å². The molecule has 0 bridgehead atoms. The number of hydrogen-bond donors (Lipinski definition) is 1. The summed E-state index contributed by atoms with van der Waals surface area (Å²) in [5.41, 5.74) is 1.57. The third-order valence-corrected chi connectivity index (χ3v) is 6.72. The average Bonchev–Trinajstić information content (AvgIpc) is 2.80. The molecule has 1 atom stereocenters. The number of carbonyl (C=O) groups excluding carboxylic acids is 1. The van der Waals surface area contributed by atoms with Crippen molar-refractivity contribution < 1.29 is 4.79 Å². The molecule has 8 heteroatoms. The van der Waals surface area contributed by atoms with Crippen molar-refractivity contribution in [2.45, 2.75) is 23.8 Å². The third-order valence-electron chi connectivity index (χ3n) is 4.86. The van der Waals surface area contributed by atoms with Crippen molar-refractivity contribution in [2.75, 3.05) is 5.32 Å². The number of carbonyl (C=O) groups is 1. The van der Waals surface area contributed by atoms with Crippen LogP contribution in [0.15, 0.2) is 82.7 Å². The minimum atomic E-state index is -0.496. The molecule has 4 rings (SSSR count). The summed E-state index contributed by atoms with van der Waals surface area (Å²) in [6.07, 6.45) is 0.527. The lowest BCUT2D eigenvalue weighted by Gasteiger charge is -2.18. The molecule has 1 unspecified atom stereocenters. The first kappa shape index (κ1) is 22.4. The van der Waals surface area contributed by atoms with Gasteiger partial charge in [-0.3, -0.25) is 14.2 Å². The van der Waals surface area contributed by atoms with Crippen LogP contribution in [0.5, 0.6) is 0 Å². The number of halogens is 2. The fraction of sp³-hybridized carbons (Fsp3) is 0.125. The van der Waals surface area contributed by atoms with Crippen LogP contribution in [0.4, 0.5) is 5.69 Å². The minimum Gasteiger partial charge on any atom is -0.324 e. The molecule has 5 nitrogen and oxygen atoms in total. The van der Waals surface area contributed by atoms with Crippen molar-refractivity contribution in [3.63, 3.8) is 0 Å². The van der Waals surface area contributed by atoms with Crippen molar-refractivity contribution in [3.05, 3.63) is 93.2 Å². The molecule has 1 aromatic heterocycles. The van der Waals surface area contributed by atoms with Gasteiger partial charge in [-0.15, -0.1) is 0 Å². The largest absolute Gasteiger partial charge is 0.324 e. The molecule has 0 saturated carbocycles. The van der Waals surface area contributed by atoms with Gasteiger partial charge in [0.25, 0.3) is 5.56 Å².